The summed E-state index contributed by atoms with van der Waals surface area (Å²) in [5.41, 5.74) is 1.60. The van der Waals surface area contributed by atoms with Gasteiger partial charge in [0.2, 0.25) is 5.91 Å². The molecule has 7 nitrogen and oxygen atoms in total. The molecule has 3 amide bonds. The summed E-state index contributed by atoms with van der Waals surface area (Å²) in [6.07, 6.45) is 1.72. The number of urea groups is 1. The van der Waals surface area contributed by atoms with Crippen LogP contribution in [0.4, 0.5) is 10.5 Å². The molecule has 170 valence electrons. The third-order valence-corrected chi connectivity index (χ3v) is 6.87. The summed E-state index contributed by atoms with van der Waals surface area (Å²) < 4.78 is 1.84. The Hall–Kier alpha value is -2.80. The minimum absolute atomic E-state index is 0.0182. The molecule has 32 heavy (non-hydrogen) atoms. The zero-order valence-corrected chi connectivity index (χ0v) is 19.1. The highest BCUT2D eigenvalue weighted by molar-refractivity contribution is 6.30. The summed E-state index contributed by atoms with van der Waals surface area (Å²) >= 11 is 6.03. The number of halogens is 1. The Kier molecular flexibility index (Phi) is 6.55. The van der Waals surface area contributed by atoms with Crippen molar-refractivity contribution >= 4 is 29.2 Å². The van der Waals surface area contributed by atoms with Crippen LogP contribution < -0.4 is 16.2 Å². The molecule has 2 aliphatic rings. The van der Waals surface area contributed by atoms with E-state index in [0.717, 1.165) is 18.5 Å². The number of pyridine rings is 1. The van der Waals surface area contributed by atoms with E-state index in [0.29, 0.717) is 30.3 Å². The maximum Gasteiger partial charge on any atom is 0.318 e. The molecular formula is C24H29ClN4O3. The van der Waals surface area contributed by atoms with Crippen LogP contribution in [-0.4, -0.2) is 40.5 Å². The van der Waals surface area contributed by atoms with Gasteiger partial charge in [0.1, 0.15) is 6.04 Å². The fraction of sp³-hybridized carbons (Fsp3) is 0.458. The van der Waals surface area contributed by atoms with E-state index >= 15 is 0 Å². The number of piperidine rings is 1. The molecule has 2 N–H and O–H groups in total. The zero-order valence-electron chi connectivity index (χ0n) is 18.4. The van der Waals surface area contributed by atoms with Crippen molar-refractivity contribution in [2.24, 2.45) is 11.8 Å². The quantitative estimate of drug-likeness (QED) is 0.719. The van der Waals surface area contributed by atoms with Gasteiger partial charge >= 0.3 is 6.03 Å². The molecule has 1 fully saturated rings. The fourth-order valence-corrected chi connectivity index (χ4v) is 4.97. The first-order valence-corrected chi connectivity index (χ1v) is 11.5. The van der Waals surface area contributed by atoms with Gasteiger partial charge in [0.05, 0.1) is 0 Å². The van der Waals surface area contributed by atoms with Crippen LogP contribution in [0.5, 0.6) is 0 Å². The van der Waals surface area contributed by atoms with Gasteiger partial charge < -0.3 is 20.1 Å². The summed E-state index contributed by atoms with van der Waals surface area (Å²) in [5.74, 6) is 0.0599. The summed E-state index contributed by atoms with van der Waals surface area (Å²) in [6, 6.07) is 11.4. The number of hydrogen-bond donors (Lipinski definition) is 2. The first-order chi connectivity index (χ1) is 15.4. The van der Waals surface area contributed by atoms with Gasteiger partial charge in [-0.15, -0.1) is 0 Å². The number of carbonyl (C=O) groups is 2. The Morgan fingerprint density at radius 2 is 1.94 bits per heavy atom. The number of carbonyl (C=O) groups excluding carboxylic acids is 2. The fourth-order valence-electron chi connectivity index (χ4n) is 4.77. The van der Waals surface area contributed by atoms with Crippen LogP contribution in [0.25, 0.3) is 0 Å². The van der Waals surface area contributed by atoms with E-state index in [2.05, 4.69) is 10.6 Å². The molecule has 0 unspecified atom stereocenters. The lowest BCUT2D eigenvalue weighted by Gasteiger charge is -2.43. The molecule has 0 radical (unpaired) electrons. The highest BCUT2D eigenvalue weighted by Crippen LogP contribution is 2.35. The molecular weight excluding hydrogens is 428 g/mol. The van der Waals surface area contributed by atoms with E-state index < -0.39 is 6.04 Å². The van der Waals surface area contributed by atoms with Crippen molar-refractivity contribution in [3.05, 3.63) is 63.5 Å². The lowest BCUT2D eigenvalue weighted by molar-refractivity contribution is -0.119. The average Bonchev–Trinajstić information content (AvgIpc) is 2.77. The Morgan fingerprint density at radius 3 is 2.69 bits per heavy atom. The van der Waals surface area contributed by atoms with Crippen LogP contribution in [0.1, 0.15) is 38.3 Å². The first-order valence-electron chi connectivity index (χ1n) is 11.2. The van der Waals surface area contributed by atoms with Gasteiger partial charge in [-0.05, 0) is 42.5 Å². The van der Waals surface area contributed by atoms with Crippen LogP contribution in [0, 0.1) is 11.8 Å². The molecule has 2 bridgehead atoms. The van der Waals surface area contributed by atoms with Crippen LogP contribution in [0.2, 0.25) is 5.02 Å². The maximum absolute atomic E-state index is 13.2. The molecule has 4 atom stereocenters. The molecule has 4 rings (SSSR count). The number of amides is 3. The summed E-state index contributed by atoms with van der Waals surface area (Å²) in [6.45, 7) is 5.69. The van der Waals surface area contributed by atoms with Crippen LogP contribution >= 0.6 is 11.6 Å². The third kappa shape index (κ3) is 4.67. The number of hydrogen-bond acceptors (Lipinski definition) is 3. The normalized spacial score (nSPS) is 21.3. The van der Waals surface area contributed by atoms with Gasteiger partial charge in [-0.2, -0.15) is 0 Å². The average molecular weight is 457 g/mol. The van der Waals surface area contributed by atoms with Crippen molar-refractivity contribution in [2.75, 3.05) is 18.4 Å². The largest absolute Gasteiger partial charge is 0.326 e. The van der Waals surface area contributed by atoms with Crippen molar-refractivity contribution in [1.29, 1.82) is 0 Å². The van der Waals surface area contributed by atoms with Crippen molar-refractivity contribution in [2.45, 2.75) is 45.2 Å². The second kappa shape index (κ2) is 9.36. The molecule has 1 aromatic carbocycles. The van der Waals surface area contributed by atoms with E-state index in [9.17, 15) is 14.4 Å². The minimum atomic E-state index is -0.664. The zero-order chi connectivity index (χ0) is 22.8. The van der Waals surface area contributed by atoms with Gasteiger partial charge in [0.15, 0.2) is 0 Å². The lowest BCUT2D eigenvalue weighted by atomic mass is 9.83. The van der Waals surface area contributed by atoms with Crippen LogP contribution in [-0.2, 0) is 11.3 Å². The van der Waals surface area contributed by atoms with Crippen molar-refractivity contribution < 1.29 is 9.59 Å². The highest BCUT2D eigenvalue weighted by Gasteiger charge is 2.37. The van der Waals surface area contributed by atoms with E-state index in [1.807, 2.05) is 24.5 Å². The summed E-state index contributed by atoms with van der Waals surface area (Å²) in [5, 5.41) is 6.37. The second-order valence-corrected chi connectivity index (χ2v) is 9.35. The molecule has 0 aliphatic carbocycles. The van der Waals surface area contributed by atoms with Gasteiger partial charge in [-0.25, -0.2) is 4.79 Å². The van der Waals surface area contributed by atoms with E-state index in [4.69, 9.17) is 11.6 Å². The Labute approximate surface area is 192 Å². The smallest absolute Gasteiger partial charge is 0.318 e. The Balaban J connectivity index is 1.47. The highest BCUT2D eigenvalue weighted by atomic mass is 35.5. The van der Waals surface area contributed by atoms with Crippen molar-refractivity contribution in [3.8, 4) is 0 Å². The molecule has 1 aromatic heterocycles. The SMILES string of the molecule is CC[C@H](C)[C@H](NC(=O)N1C[C@@H]2C[C@@H](C1)c1cccc(=O)n1C2)C(=O)Nc1cccc(Cl)c1. The number of rotatable bonds is 5. The first kappa shape index (κ1) is 22.4. The Morgan fingerprint density at radius 1 is 1.16 bits per heavy atom. The van der Waals surface area contributed by atoms with E-state index in [1.54, 1.807) is 41.3 Å². The van der Waals surface area contributed by atoms with Gasteiger partial charge in [-0.1, -0.05) is 44.0 Å². The van der Waals surface area contributed by atoms with Gasteiger partial charge in [0.25, 0.3) is 5.56 Å². The monoisotopic (exact) mass is 456 g/mol. The number of nitrogens with zero attached hydrogens (tertiary/aromatic N) is 2. The number of benzene rings is 1. The Bertz CT molecular complexity index is 1070. The lowest BCUT2D eigenvalue weighted by Crippen LogP contribution is -2.56. The summed E-state index contributed by atoms with van der Waals surface area (Å²) in [7, 11) is 0. The number of fused-ring (bicyclic) bond motifs is 4. The van der Waals surface area contributed by atoms with Crippen LogP contribution in [0.3, 0.4) is 0 Å². The number of nitrogens with one attached hydrogen (secondary N) is 2. The molecule has 2 aromatic rings. The predicted molar refractivity (Wildman–Crippen MR) is 125 cm³/mol. The van der Waals surface area contributed by atoms with Crippen molar-refractivity contribution in [3.63, 3.8) is 0 Å². The molecule has 1 saturated heterocycles. The van der Waals surface area contributed by atoms with Gasteiger partial charge in [0, 0.05) is 48.0 Å². The van der Waals surface area contributed by atoms with E-state index in [-0.39, 0.29) is 35.3 Å². The predicted octanol–water partition coefficient (Wildman–Crippen LogP) is 3.68. The van der Waals surface area contributed by atoms with Crippen LogP contribution in [0.15, 0.2) is 47.3 Å². The number of likely N-dealkylation sites (tertiary alicyclic amines) is 1. The third-order valence-electron chi connectivity index (χ3n) is 6.63. The molecule has 8 heteroatoms. The number of aromatic nitrogens is 1. The van der Waals surface area contributed by atoms with Gasteiger partial charge in [-0.3, -0.25) is 9.59 Å². The molecule has 3 heterocycles. The number of anilines is 1. The van der Waals surface area contributed by atoms with Crippen molar-refractivity contribution in [1.82, 2.24) is 14.8 Å². The minimum Gasteiger partial charge on any atom is -0.326 e. The molecule has 0 spiro atoms. The summed E-state index contributed by atoms with van der Waals surface area (Å²) in [4.78, 5) is 40.2. The maximum atomic E-state index is 13.2. The van der Waals surface area contributed by atoms with E-state index in [1.165, 1.54) is 0 Å². The molecule has 0 saturated carbocycles. The second-order valence-electron chi connectivity index (χ2n) is 8.92. The standard InChI is InChI=1S/C24H29ClN4O3/c1-3-15(2)22(23(31)26-19-7-4-6-18(25)11-19)27-24(32)28-12-16-10-17(14-28)20-8-5-9-21(30)29(20)13-16/h4-9,11,15-17,22H,3,10,12-14H2,1-2H3,(H,26,31)(H,27,32)/t15-,16-,17-,22-/m0/s1. The molecule has 2 aliphatic heterocycles. The topological polar surface area (TPSA) is 83.4 Å².